The molecule has 0 aromatic carbocycles. The smallest absolute Gasteiger partial charge is 0.165 e. The Hall–Kier alpha value is -0.830. The van der Waals surface area contributed by atoms with Gasteiger partial charge in [-0.05, 0) is 25.0 Å². The Morgan fingerprint density at radius 2 is 2.12 bits per heavy atom. The zero-order chi connectivity index (χ0) is 12.1. The molecular formula is C13H18ClFN2. The van der Waals surface area contributed by atoms with Crippen molar-refractivity contribution in [2.75, 3.05) is 17.7 Å². The number of halogens is 2. The third-order valence-corrected chi connectivity index (χ3v) is 4.15. The van der Waals surface area contributed by atoms with Crippen LogP contribution < -0.4 is 5.32 Å². The molecule has 4 heteroatoms. The van der Waals surface area contributed by atoms with Crippen molar-refractivity contribution in [1.29, 1.82) is 0 Å². The SMILES string of the molecule is Fc1cccnc1NCC1(CCl)CCCCC1. The summed E-state index contributed by atoms with van der Waals surface area (Å²) in [4.78, 5) is 4.00. The zero-order valence-electron chi connectivity index (χ0n) is 9.88. The van der Waals surface area contributed by atoms with Crippen LogP contribution in [0.5, 0.6) is 0 Å². The lowest BCUT2D eigenvalue weighted by molar-refractivity contribution is 0.237. The molecule has 1 N–H and O–H groups in total. The van der Waals surface area contributed by atoms with Gasteiger partial charge in [-0.2, -0.15) is 0 Å². The molecule has 1 aromatic heterocycles. The monoisotopic (exact) mass is 256 g/mol. The van der Waals surface area contributed by atoms with Crippen molar-refractivity contribution in [3.8, 4) is 0 Å². The fraction of sp³-hybridized carbons (Fsp3) is 0.615. The van der Waals surface area contributed by atoms with E-state index in [1.54, 1.807) is 12.3 Å². The van der Waals surface area contributed by atoms with Crippen molar-refractivity contribution in [1.82, 2.24) is 4.98 Å². The maximum Gasteiger partial charge on any atom is 0.165 e. The number of alkyl halides is 1. The predicted octanol–water partition coefficient (Wildman–Crippen LogP) is 3.82. The van der Waals surface area contributed by atoms with Gasteiger partial charge in [0.05, 0.1) is 0 Å². The van der Waals surface area contributed by atoms with Gasteiger partial charge in [-0.1, -0.05) is 19.3 Å². The minimum Gasteiger partial charge on any atom is -0.367 e. The first-order valence-corrected chi connectivity index (χ1v) is 6.70. The lowest BCUT2D eigenvalue weighted by Crippen LogP contribution is -2.34. The molecule has 0 saturated heterocycles. The first-order valence-electron chi connectivity index (χ1n) is 6.16. The summed E-state index contributed by atoms with van der Waals surface area (Å²) in [6.07, 6.45) is 7.57. The van der Waals surface area contributed by atoms with Gasteiger partial charge in [0.1, 0.15) is 0 Å². The van der Waals surface area contributed by atoms with E-state index in [2.05, 4.69) is 10.3 Å². The molecule has 0 aliphatic heterocycles. The highest BCUT2D eigenvalue weighted by Gasteiger charge is 2.31. The fourth-order valence-electron chi connectivity index (χ4n) is 2.45. The van der Waals surface area contributed by atoms with Crippen molar-refractivity contribution < 1.29 is 4.39 Å². The summed E-state index contributed by atoms with van der Waals surface area (Å²) < 4.78 is 13.4. The molecule has 0 bridgehead atoms. The maximum atomic E-state index is 13.4. The number of hydrogen-bond donors (Lipinski definition) is 1. The molecule has 17 heavy (non-hydrogen) atoms. The second-order valence-corrected chi connectivity index (χ2v) is 5.15. The van der Waals surface area contributed by atoms with Crippen LogP contribution in [-0.2, 0) is 0 Å². The molecule has 0 unspecified atom stereocenters. The summed E-state index contributed by atoms with van der Waals surface area (Å²) in [5.41, 5.74) is 0.115. The molecule has 1 aliphatic carbocycles. The van der Waals surface area contributed by atoms with Crippen molar-refractivity contribution in [2.24, 2.45) is 5.41 Å². The van der Waals surface area contributed by atoms with Crippen LogP contribution in [0.4, 0.5) is 10.2 Å². The van der Waals surface area contributed by atoms with Gasteiger partial charge in [0.15, 0.2) is 11.6 Å². The van der Waals surface area contributed by atoms with E-state index in [1.165, 1.54) is 25.3 Å². The summed E-state index contributed by atoms with van der Waals surface area (Å²) >= 11 is 6.09. The summed E-state index contributed by atoms with van der Waals surface area (Å²) in [7, 11) is 0. The van der Waals surface area contributed by atoms with Gasteiger partial charge in [0.2, 0.25) is 0 Å². The Labute approximate surface area is 107 Å². The standard InChI is InChI=1S/C13H18ClFN2/c14-9-13(6-2-1-3-7-13)10-17-12-11(15)5-4-8-16-12/h4-5,8H,1-3,6-7,9-10H2,(H,16,17). The van der Waals surface area contributed by atoms with Gasteiger partial charge in [-0.25, -0.2) is 9.37 Å². The Morgan fingerprint density at radius 1 is 1.35 bits per heavy atom. The Bertz CT molecular complexity index is 364. The third kappa shape index (κ3) is 3.09. The lowest BCUT2D eigenvalue weighted by atomic mass is 9.75. The largest absolute Gasteiger partial charge is 0.367 e. The van der Waals surface area contributed by atoms with Crippen molar-refractivity contribution in [3.63, 3.8) is 0 Å². The van der Waals surface area contributed by atoms with Gasteiger partial charge in [0.25, 0.3) is 0 Å². The molecule has 2 rings (SSSR count). The second-order valence-electron chi connectivity index (χ2n) is 4.88. The van der Waals surface area contributed by atoms with E-state index in [0.717, 1.165) is 12.8 Å². The molecular weight excluding hydrogens is 239 g/mol. The molecule has 1 heterocycles. The molecule has 0 radical (unpaired) electrons. The van der Waals surface area contributed by atoms with Crippen LogP contribution >= 0.6 is 11.6 Å². The van der Waals surface area contributed by atoms with Gasteiger partial charge >= 0.3 is 0 Å². The van der Waals surface area contributed by atoms with Crippen LogP contribution in [-0.4, -0.2) is 17.4 Å². The van der Waals surface area contributed by atoms with Crippen LogP contribution in [0.3, 0.4) is 0 Å². The minimum atomic E-state index is -0.298. The summed E-state index contributed by atoms with van der Waals surface area (Å²) in [6, 6.07) is 3.02. The molecule has 1 saturated carbocycles. The van der Waals surface area contributed by atoms with E-state index in [0.29, 0.717) is 18.2 Å². The van der Waals surface area contributed by atoms with Crippen LogP contribution in [0.1, 0.15) is 32.1 Å². The summed E-state index contributed by atoms with van der Waals surface area (Å²) in [5.74, 6) is 0.671. The Morgan fingerprint density at radius 3 is 2.76 bits per heavy atom. The number of hydrogen-bond acceptors (Lipinski definition) is 2. The molecule has 1 aromatic rings. The predicted molar refractivity (Wildman–Crippen MR) is 68.9 cm³/mol. The molecule has 1 fully saturated rings. The molecule has 1 aliphatic rings. The maximum absolute atomic E-state index is 13.4. The highest BCUT2D eigenvalue weighted by Crippen LogP contribution is 2.37. The number of pyridine rings is 1. The van der Waals surface area contributed by atoms with E-state index < -0.39 is 0 Å². The Kier molecular flexibility index (Phi) is 4.21. The number of nitrogens with zero attached hydrogens (tertiary/aromatic N) is 1. The first kappa shape index (κ1) is 12.6. The highest BCUT2D eigenvalue weighted by molar-refractivity contribution is 6.18. The summed E-state index contributed by atoms with van der Waals surface area (Å²) in [6.45, 7) is 0.713. The van der Waals surface area contributed by atoms with Crippen LogP contribution in [0.15, 0.2) is 18.3 Å². The van der Waals surface area contributed by atoms with E-state index in [-0.39, 0.29) is 11.2 Å². The van der Waals surface area contributed by atoms with Crippen LogP contribution in [0.25, 0.3) is 0 Å². The first-order chi connectivity index (χ1) is 8.26. The van der Waals surface area contributed by atoms with Crippen LogP contribution in [0.2, 0.25) is 0 Å². The van der Waals surface area contributed by atoms with E-state index in [4.69, 9.17) is 11.6 Å². The number of nitrogens with one attached hydrogen (secondary N) is 1. The molecule has 0 amide bonds. The van der Waals surface area contributed by atoms with E-state index in [9.17, 15) is 4.39 Å². The molecule has 2 nitrogen and oxygen atoms in total. The van der Waals surface area contributed by atoms with E-state index >= 15 is 0 Å². The summed E-state index contributed by atoms with van der Waals surface area (Å²) in [5, 5.41) is 3.10. The Balaban J connectivity index is 1.98. The quantitative estimate of drug-likeness (QED) is 0.829. The zero-order valence-corrected chi connectivity index (χ0v) is 10.6. The van der Waals surface area contributed by atoms with Crippen molar-refractivity contribution >= 4 is 17.4 Å². The van der Waals surface area contributed by atoms with Gasteiger partial charge < -0.3 is 5.32 Å². The number of rotatable bonds is 4. The van der Waals surface area contributed by atoms with Gasteiger partial charge in [-0.3, -0.25) is 0 Å². The third-order valence-electron chi connectivity index (χ3n) is 3.59. The van der Waals surface area contributed by atoms with Gasteiger partial charge in [-0.15, -0.1) is 11.6 Å². The average molecular weight is 257 g/mol. The molecule has 0 atom stereocenters. The molecule has 94 valence electrons. The number of anilines is 1. The van der Waals surface area contributed by atoms with Gasteiger partial charge in [0, 0.05) is 24.0 Å². The van der Waals surface area contributed by atoms with Crippen LogP contribution in [0, 0.1) is 11.2 Å². The highest BCUT2D eigenvalue weighted by atomic mass is 35.5. The van der Waals surface area contributed by atoms with Crippen molar-refractivity contribution in [3.05, 3.63) is 24.1 Å². The minimum absolute atomic E-state index is 0.115. The number of aromatic nitrogens is 1. The topological polar surface area (TPSA) is 24.9 Å². The lowest BCUT2D eigenvalue weighted by Gasteiger charge is -2.35. The second kappa shape index (κ2) is 5.67. The van der Waals surface area contributed by atoms with E-state index in [1.807, 2.05) is 0 Å². The fourth-order valence-corrected chi connectivity index (χ4v) is 2.81. The van der Waals surface area contributed by atoms with Crippen molar-refractivity contribution in [2.45, 2.75) is 32.1 Å². The normalized spacial score (nSPS) is 18.9. The average Bonchev–Trinajstić information content (AvgIpc) is 2.39. The molecule has 0 spiro atoms.